The van der Waals surface area contributed by atoms with Crippen molar-refractivity contribution in [2.75, 3.05) is 29.1 Å². The van der Waals surface area contributed by atoms with Gasteiger partial charge >= 0.3 is 0 Å². The number of rotatable bonds is 12. The lowest BCUT2D eigenvalue weighted by Crippen LogP contribution is -2.21. The number of anilines is 3. The number of ether oxygens (including phenoxy) is 1. The van der Waals surface area contributed by atoms with Gasteiger partial charge in [-0.3, -0.25) is 9.59 Å². The van der Waals surface area contributed by atoms with E-state index in [2.05, 4.69) is 29.5 Å². The van der Waals surface area contributed by atoms with Crippen LogP contribution in [0.15, 0.2) is 60.7 Å². The van der Waals surface area contributed by atoms with Crippen molar-refractivity contribution in [1.29, 1.82) is 0 Å². The van der Waals surface area contributed by atoms with Gasteiger partial charge in [-0.05, 0) is 61.4 Å². The van der Waals surface area contributed by atoms with Crippen LogP contribution in [-0.4, -0.2) is 25.0 Å². The Hall–Kier alpha value is -3.28. The first-order valence-electron chi connectivity index (χ1n) is 10.3. The average Bonchev–Trinajstić information content (AvgIpc) is 2.72. The Morgan fingerprint density at radius 1 is 0.933 bits per heavy atom. The van der Waals surface area contributed by atoms with Crippen LogP contribution < -0.4 is 20.7 Å². The Morgan fingerprint density at radius 2 is 1.63 bits per heavy atom. The van der Waals surface area contributed by atoms with E-state index in [1.54, 1.807) is 24.3 Å². The zero-order valence-corrected chi connectivity index (χ0v) is 17.8. The number of amides is 2. The minimum absolute atomic E-state index is 0.00835. The summed E-state index contributed by atoms with van der Waals surface area (Å²) in [7, 11) is 0. The summed E-state index contributed by atoms with van der Waals surface area (Å²) in [5, 5.41) is 8.81. The first-order chi connectivity index (χ1) is 14.5. The van der Waals surface area contributed by atoms with Crippen LogP contribution in [0, 0.1) is 0 Å². The molecule has 6 heteroatoms. The van der Waals surface area contributed by atoms with Crippen molar-refractivity contribution in [2.45, 2.75) is 39.5 Å². The van der Waals surface area contributed by atoms with Crippen LogP contribution >= 0.6 is 0 Å². The molecule has 0 aromatic heterocycles. The Morgan fingerprint density at radius 3 is 2.33 bits per heavy atom. The summed E-state index contributed by atoms with van der Waals surface area (Å²) in [5.41, 5.74) is 3.11. The lowest BCUT2D eigenvalue weighted by molar-refractivity contribution is -0.116. The van der Waals surface area contributed by atoms with E-state index in [-0.39, 0.29) is 18.4 Å². The van der Waals surface area contributed by atoms with Gasteiger partial charge in [-0.2, -0.15) is 0 Å². The number of carbonyl (C=O) groups is 2. The number of nitrogens with one attached hydrogen (secondary N) is 3. The molecule has 0 unspecified atom stereocenters. The van der Waals surface area contributed by atoms with Crippen molar-refractivity contribution in [1.82, 2.24) is 0 Å². The normalized spacial score (nSPS) is 10.2. The molecule has 30 heavy (non-hydrogen) atoms. The van der Waals surface area contributed by atoms with E-state index in [0.717, 1.165) is 36.3 Å². The molecule has 0 heterocycles. The molecule has 0 bridgehead atoms. The standard InChI is InChI=1S/C24H31N3O3/c1-4-5-6-10-23(28)27-21-9-7-8-20(15-21)25-16-24(29)26-19-11-13-22(14-12-19)30-17-18(2)3/h7-9,11-15,25H,2,4-6,10,16-17H2,1,3H3,(H,26,29)(H,27,28). The predicted molar refractivity (Wildman–Crippen MR) is 123 cm³/mol. The van der Waals surface area contributed by atoms with Crippen LogP contribution in [0.25, 0.3) is 0 Å². The smallest absolute Gasteiger partial charge is 0.243 e. The Balaban J connectivity index is 1.79. The van der Waals surface area contributed by atoms with Gasteiger partial charge in [0, 0.05) is 23.5 Å². The molecule has 0 aliphatic carbocycles. The maximum Gasteiger partial charge on any atom is 0.243 e. The number of unbranched alkanes of at least 4 members (excludes halogenated alkanes) is 2. The van der Waals surface area contributed by atoms with Crippen molar-refractivity contribution in [2.24, 2.45) is 0 Å². The largest absolute Gasteiger partial charge is 0.489 e. The zero-order valence-electron chi connectivity index (χ0n) is 17.8. The molecule has 0 aliphatic heterocycles. The van der Waals surface area contributed by atoms with Crippen LogP contribution in [-0.2, 0) is 9.59 Å². The first kappa shape index (κ1) is 23.0. The maximum atomic E-state index is 12.2. The summed E-state index contributed by atoms with van der Waals surface area (Å²) in [6.07, 6.45) is 3.54. The van der Waals surface area contributed by atoms with E-state index < -0.39 is 0 Å². The van der Waals surface area contributed by atoms with Crippen molar-refractivity contribution in [3.8, 4) is 5.75 Å². The van der Waals surface area contributed by atoms with Gasteiger partial charge in [0.15, 0.2) is 0 Å². The van der Waals surface area contributed by atoms with Gasteiger partial charge in [-0.25, -0.2) is 0 Å². The van der Waals surface area contributed by atoms with Crippen LogP contribution in [0.4, 0.5) is 17.1 Å². The molecule has 0 aliphatic rings. The highest BCUT2D eigenvalue weighted by Gasteiger charge is 2.05. The Labute approximate surface area is 178 Å². The molecule has 2 amide bonds. The average molecular weight is 410 g/mol. The molecule has 0 atom stereocenters. The number of benzene rings is 2. The fourth-order valence-electron chi connectivity index (χ4n) is 2.69. The van der Waals surface area contributed by atoms with E-state index in [4.69, 9.17) is 4.74 Å². The second-order valence-corrected chi connectivity index (χ2v) is 7.26. The van der Waals surface area contributed by atoms with Crippen LogP contribution in [0.2, 0.25) is 0 Å². The van der Waals surface area contributed by atoms with Gasteiger partial charge in [0.25, 0.3) is 0 Å². The summed E-state index contributed by atoms with van der Waals surface area (Å²) < 4.78 is 5.54. The first-order valence-corrected chi connectivity index (χ1v) is 10.3. The van der Waals surface area contributed by atoms with E-state index in [1.165, 1.54) is 0 Å². The molecule has 6 nitrogen and oxygen atoms in total. The van der Waals surface area contributed by atoms with E-state index in [1.807, 2.05) is 31.2 Å². The minimum atomic E-state index is -0.167. The van der Waals surface area contributed by atoms with Crippen molar-refractivity contribution in [3.63, 3.8) is 0 Å². The molecule has 3 N–H and O–H groups in total. The molecule has 0 radical (unpaired) electrons. The van der Waals surface area contributed by atoms with E-state index in [0.29, 0.717) is 24.4 Å². The molecule has 0 saturated carbocycles. The van der Waals surface area contributed by atoms with Crippen LogP contribution in [0.5, 0.6) is 5.75 Å². The lowest BCUT2D eigenvalue weighted by Gasteiger charge is -2.11. The van der Waals surface area contributed by atoms with Gasteiger partial charge in [0.1, 0.15) is 12.4 Å². The van der Waals surface area contributed by atoms with Gasteiger partial charge in [0.2, 0.25) is 11.8 Å². The summed E-state index contributed by atoms with van der Waals surface area (Å²) >= 11 is 0. The SMILES string of the molecule is C=C(C)COc1ccc(NC(=O)CNc2cccc(NC(=O)CCCCC)c2)cc1. The fourth-order valence-corrected chi connectivity index (χ4v) is 2.69. The molecule has 2 aromatic rings. The molecule has 2 rings (SSSR count). The molecule has 0 spiro atoms. The topological polar surface area (TPSA) is 79.5 Å². The Bertz CT molecular complexity index is 847. The third kappa shape index (κ3) is 8.82. The third-order valence-corrected chi connectivity index (χ3v) is 4.23. The summed E-state index contributed by atoms with van der Waals surface area (Å²) in [4.78, 5) is 24.2. The second kappa shape index (κ2) is 12.3. The monoisotopic (exact) mass is 409 g/mol. The van der Waals surface area contributed by atoms with Gasteiger partial charge in [-0.15, -0.1) is 0 Å². The third-order valence-electron chi connectivity index (χ3n) is 4.23. The van der Waals surface area contributed by atoms with Crippen molar-refractivity contribution in [3.05, 3.63) is 60.7 Å². The summed E-state index contributed by atoms with van der Waals surface area (Å²) in [5.74, 6) is 0.566. The molecular weight excluding hydrogens is 378 g/mol. The van der Waals surface area contributed by atoms with E-state index in [9.17, 15) is 9.59 Å². The van der Waals surface area contributed by atoms with Crippen molar-refractivity contribution < 1.29 is 14.3 Å². The summed E-state index contributed by atoms with van der Waals surface area (Å²) in [6, 6.07) is 14.5. The van der Waals surface area contributed by atoms with Crippen molar-refractivity contribution >= 4 is 28.9 Å². The molecule has 0 saturated heterocycles. The highest BCUT2D eigenvalue weighted by Crippen LogP contribution is 2.17. The number of hydrogen-bond donors (Lipinski definition) is 3. The molecule has 0 fully saturated rings. The second-order valence-electron chi connectivity index (χ2n) is 7.26. The van der Waals surface area contributed by atoms with Gasteiger partial charge < -0.3 is 20.7 Å². The molecule has 2 aromatic carbocycles. The molecule has 160 valence electrons. The fraction of sp³-hybridized carbons (Fsp3) is 0.333. The van der Waals surface area contributed by atoms with Gasteiger partial charge in [-0.1, -0.05) is 32.4 Å². The minimum Gasteiger partial charge on any atom is -0.489 e. The Kier molecular flexibility index (Phi) is 9.45. The quantitative estimate of drug-likeness (QED) is 0.332. The lowest BCUT2D eigenvalue weighted by atomic mass is 10.2. The van der Waals surface area contributed by atoms with Gasteiger partial charge in [0.05, 0.1) is 6.54 Å². The zero-order chi connectivity index (χ0) is 21.8. The maximum absolute atomic E-state index is 12.2. The highest BCUT2D eigenvalue weighted by atomic mass is 16.5. The predicted octanol–water partition coefficient (Wildman–Crippen LogP) is 5.21. The van der Waals surface area contributed by atoms with E-state index >= 15 is 0 Å². The van der Waals surface area contributed by atoms with Crippen LogP contribution in [0.3, 0.4) is 0 Å². The van der Waals surface area contributed by atoms with Crippen LogP contribution in [0.1, 0.15) is 39.5 Å². The number of hydrogen-bond acceptors (Lipinski definition) is 4. The highest BCUT2D eigenvalue weighted by molar-refractivity contribution is 5.94. The summed E-state index contributed by atoms with van der Waals surface area (Å²) in [6.45, 7) is 8.39. The number of carbonyl (C=O) groups excluding carboxylic acids is 2. The molecular formula is C24H31N3O3.